The summed E-state index contributed by atoms with van der Waals surface area (Å²) in [6, 6.07) is 8.07. The average molecular weight is 293 g/mol. The van der Waals surface area contributed by atoms with Crippen LogP contribution >= 0.6 is 0 Å². The molecule has 1 aromatic rings. The van der Waals surface area contributed by atoms with E-state index in [1.807, 2.05) is 12.1 Å². The summed E-state index contributed by atoms with van der Waals surface area (Å²) in [4.78, 5) is 13.0. The molecule has 118 valence electrons. The first-order chi connectivity index (χ1) is 10.2. The summed E-state index contributed by atoms with van der Waals surface area (Å²) in [7, 11) is 1.66. The number of aliphatic carboxylic acids is 1. The molecule has 0 heterocycles. The summed E-state index contributed by atoms with van der Waals surface area (Å²) in [6.07, 6.45) is 4.68. The topological polar surface area (TPSA) is 49.8 Å². The molecular formula is C17H27NO3. The Morgan fingerprint density at radius 2 is 1.86 bits per heavy atom. The summed E-state index contributed by atoms with van der Waals surface area (Å²) in [6.45, 7) is 4.70. The van der Waals surface area contributed by atoms with E-state index in [0.29, 0.717) is 6.54 Å². The quantitative estimate of drug-likeness (QED) is 0.637. The van der Waals surface area contributed by atoms with Crippen LogP contribution in [0.4, 0.5) is 0 Å². The maximum absolute atomic E-state index is 10.7. The van der Waals surface area contributed by atoms with Gasteiger partial charge in [-0.15, -0.1) is 0 Å². The van der Waals surface area contributed by atoms with Crippen molar-refractivity contribution in [3.8, 4) is 5.75 Å². The van der Waals surface area contributed by atoms with Crippen LogP contribution in [0.25, 0.3) is 0 Å². The van der Waals surface area contributed by atoms with Crippen LogP contribution in [0.15, 0.2) is 24.3 Å². The van der Waals surface area contributed by atoms with Crippen LogP contribution in [0, 0.1) is 0 Å². The van der Waals surface area contributed by atoms with Gasteiger partial charge in [-0.05, 0) is 37.1 Å². The van der Waals surface area contributed by atoms with Crippen LogP contribution in [0.1, 0.15) is 38.2 Å². The zero-order valence-corrected chi connectivity index (χ0v) is 13.2. The molecule has 21 heavy (non-hydrogen) atoms. The van der Waals surface area contributed by atoms with Gasteiger partial charge in [0.05, 0.1) is 13.5 Å². The molecule has 0 saturated heterocycles. The van der Waals surface area contributed by atoms with Gasteiger partial charge in [-0.25, -0.2) is 0 Å². The standard InChI is InChI=1S/C17H27NO3/c1-3-4-5-12-18(14-11-17(19)20)13-10-15-6-8-16(21-2)9-7-15/h6-9H,3-5,10-14H2,1-2H3,(H,19,20). The molecule has 0 aliphatic heterocycles. The fraction of sp³-hybridized carbons (Fsp3) is 0.588. The van der Waals surface area contributed by atoms with Crippen molar-refractivity contribution in [2.45, 2.75) is 39.0 Å². The van der Waals surface area contributed by atoms with Gasteiger partial charge in [0.15, 0.2) is 0 Å². The maximum atomic E-state index is 10.7. The van der Waals surface area contributed by atoms with Crippen molar-refractivity contribution in [3.63, 3.8) is 0 Å². The summed E-state index contributed by atoms with van der Waals surface area (Å²) in [5, 5.41) is 8.84. The molecule has 0 unspecified atom stereocenters. The summed E-state index contributed by atoms with van der Waals surface area (Å²) in [5.41, 5.74) is 1.26. The van der Waals surface area contributed by atoms with Crippen LogP contribution in [-0.4, -0.2) is 42.7 Å². The average Bonchev–Trinajstić information content (AvgIpc) is 2.50. The highest BCUT2D eigenvalue weighted by Gasteiger charge is 2.07. The number of hydrogen-bond acceptors (Lipinski definition) is 3. The van der Waals surface area contributed by atoms with E-state index in [2.05, 4.69) is 24.0 Å². The van der Waals surface area contributed by atoms with Gasteiger partial charge in [0.25, 0.3) is 0 Å². The van der Waals surface area contributed by atoms with Crippen LogP contribution < -0.4 is 4.74 Å². The van der Waals surface area contributed by atoms with Gasteiger partial charge in [0.1, 0.15) is 5.75 Å². The number of nitrogens with zero attached hydrogens (tertiary/aromatic N) is 1. The van der Waals surface area contributed by atoms with Crippen molar-refractivity contribution < 1.29 is 14.6 Å². The van der Waals surface area contributed by atoms with Gasteiger partial charge >= 0.3 is 5.97 Å². The third-order valence-corrected chi connectivity index (χ3v) is 3.60. The molecule has 0 atom stereocenters. The Labute approximate surface area is 127 Å². The monoisotopic (exact) mass is 293 g/mol. The number of benzene rings is 1. The largest absolute Gasteiger partial charge is 0.497 e. The molecule has 0 bridgehead atoms. The van der Waals surface area contributed by atoms with E-state index in [0.717, 1.165) is 31.7 Å². The molecule has 1 rings (SSSR count). The Hall–Kier alpha value is -1.55. The molecule has 0 radical (unpaired) electrons. The van der Waals surface area contributed by atoms with Crippen LogP contribution in [0.5, 0.6) is 5.75 Å². The second-order valence-corrected chi connectivity index (χ2v) is 5.29. The van der Waals surface area contributed by atoms with E-state index in [-0.39, 0.29) is 6.42 Å². The third kappa shape index (κ3) is 7.71. The summed E-state index contributed by atoms with van der Waals surface area (Å²) in [5.74, 6) is 0.143. The van der Waals surface area contributed by atoms with Gasteiger partial charge in [0.2, 0.25) is 0 Å². The van der Waals surface area contributed by atoms with Crippen molar-refractivity contribution in [1.29, 1.82) is 0 Å². The van der Waals surface area contributed by atoms with E-state index in [9.17, 15) is 4.79 Å². The van der Waals surface area contributed by atoms with Crippen LogP contribution in [0.3, 0.4) is 0 Å². The smallest absolute Gasteiger partial charge is 0.304 e. The van der Waals surface area contributed by atoms with Crippen molar-refractivity contribution in [2.75, 3.05) is 26.7 Å². The minimum atomic E-state index is -0.722. The Kier molecular flexibility index (Phi) is 8.51. The predicted octanol–water partition coefficient (Wildman–Crippen LogP) is 3.20. The van der Waals surface area contributed by atoms with E-state index in [1.54, 1.807) is 7.11 Å². The second-order valence-electron chi connectivity index (χ2n) is 5.29. The van der Waals surface area contributed by atoms with E-state index in [4.69, 9.17) is 9.84 Å². The van der Waals surface area contributed by atoms with Crippen molar-refractivity contribution >= 4 is 5.97 Å². The molecule has 4 nitrogen and oxygen atoms in total. The van der Waals surface area contributed by atoms with Gasteiger partial charge < -0.3 is 14.7 Å². The molecule has 1 aromatic carbocycles. The van der Waals surface area contributed by atoms with Gasteiger partial charge in [-0.2, -0.15) is 0 Å². The number of methoxy groups -OCH3 is 1. The molecule has 0 aromatic heterocycles. The van der Waals surface area contributed by atoms with Gasteiger partial charge in [-0.3, -0.25) is 4.79 Å². The predicted molar refractivity (Wildman–Crippen MR) is 84.9 cm³/mol. The molecule has 4 heteroatoms. The molecule has 0 saturated carbocycles. The fourth-order valence-electron chi connectivity index (χ4n) is 2.25. The number of carboxylic acids is 1. The molecule has 0 fully saturated rings. The van der Waals surface area contributed by atoms with Crippen LogP contribution in [0.2, 0.25) is 0 Å². The number of rotatable bonds is 11. The Morgan fingerprint density at radius 1 is 1.14 bits per heavy atom. The number of carbonyl (C=O) groups is 1. The number of ether oxygens (including phenoxy) is 1. The first kappa shape index (κ1) is 17.5. The van der Waals surface area contributed by atoms with Gasteiger partial charge in [-0.1, -0.05) is 31.9 Å². The SMILES string of the molecule is CCCCCN(CCC(=O)O)CCc1ccc(OC)cc1. The molecule has 0 aliphatic carbocycles. The molecule has 0 spiro atoms. The first-order valence-electron chi connectivity index (χ1n) is 7.72. The highest BCUT2D eigenvalue weighted by Crippen LogP contribution is 2.12. The normalized spacial score (nSPS) is 10.8. The first-order valence-corrected chi connectivity index (χ1v) is 7.72. The van der Waals surface area contributed by atoms with E-state index < -0.39 is 5.97 Å². The number of carboxylic acid groups (broad SMARTS) is 1. The van der Waals surface area contributed by atoms with Crippen LogP contribution in [-0.2, 0) is 11.2 Å². The fourth-order valence-corrected chi connectivity index (χ4v) is 2.25. The minimum Gasteiger partial charge on any atom is -0.497 e. The molecular weight excluding hydrogens is 266 g/mol. The Balaban J connectivity index is 2.43. The van der Waals surface area contributed by atoms with E-state index >= 15 is 0 Å². The third-order valence-electron chi connectivity index (χ3n) is 3.60. The minimum absolute atomic E-state index is 0.217. The summed E-state index contributed by atoms with van der Waals surface area (Å²) < 4.78 is 5.15. The highest BCUT2D eigenvalue weighted by molar-refractivity contribution is 5.66. The zero-order valence-electron chi connectivity index (χ0n) is 13.2. The lowest BCUT2D eigenvalue weighted by Gasteiger charge is -2.21. The molecule has 1 N–H and O–H groups in total. The highest BCUT2D eigenvalue weighted by atomic mass is 16.5. The van der Waals surface area contributed by atoms with Gasteiger partial charge in [0, 0.05) is 13.1 Å². The Morgan fingerprint density at radius 3 is 2.43 bits per heavy atom. The van der Waals surface area contributed by atoms with Crippen molar-refractivity contribution in [3.05, 3.63) is 29.8 Å². The lowest BCUT2D eigenvalue weighted by molar-refractivity contribution is -0.137. The van der Waals surface area contributed by atoms with Crippen molar-refractivity contribution in [2.24, 2.45) is 0 Å². The molecule has 0 aliphatic rings. The maximum Gasteiger partial charge on any atom is 0.304 e. The number of unbranched alkanes of at least 4 members (excludes halogenated alkanes) is 2. The lowest BCUT2D eigenvalue weighted by Crippen LogP contribution is -2.29. The number of hydrogen-bond donors (Lipinski definition) is 1. The van der Waals surface area contributed by atoms with E-state index in [1.165, 1.54) is 18.4 Å². The zero-order chi connectivity index (χ0) is 15.5. The summed E-state index contributed by atoms with van der Waals surface area (Å²) >= 11 is 0. The molecule has 0 amide bonds. The second kappa shape index (κ2) is 10.2. The lowest BCUT2D eigenvalue weighted by atomic mass is 10.1. The van der Waals surface area contributed by atoms with Crippen molar-refractivity contribution in [1.82, 2.24) is 4.90 Å². The Bertz CT molecular complexity index is 403.